The van der Waals surface area contributed by atoms with E-state index >= 15 is 0 Å². The first-order valence-corrected chi connectivity index (χ1v) is 9.01. The number of nitrogens with one attached hydrogen (secondary N) is 1. The van der Waals surface area contributed by atoms with Gasteiger partial charge in [0.1, 0.15) is 0 Å². The molecule has 21 heavy (non-hydrogen) atoms. The lowest BCUT2D eigenvalue weighted by molar-refractivity contribution is 0.311. The Morgan fingerprint density at radius 2 is 1.67 bits per heavy atom. The summed E-state index contributed by atoms with van der Waals surface area (Å²) < 4.78 is 27.3. The third kappa shape index (κ3) is 3.65. The summed E-state index contributed by atoms with van der Waals surface area (Å²) in [6.07, 6.45) is 2.09. The number of piperidine rings is 1. The summed E-state index contributed by atoms with van der Waals surface area (Å²) in [5.74, 6) is 0.456. The molecule has 2 rings (SSSR count). The van der Waals surface area contributed by atoms with E-state index in [-0.39, 0.29) is 0 Å². The predicted molar refractivity (Wildman–Crippen MR) is 86.1 cm³/mol. The third-order valence-electron chi connectivity index (χ3n) is 4.25. The first-order valence-electron chi connectivity index (χ1n) is 7.57. The molecule has 1 heterocycles. The van der Waals surface area contributed by atoms with Crippen molar-refractivity contribution >= 4 is 10.0 Å². The quantitative estimate of drug-likeness (QED) is 0.928. The van der Waals surface area contributed by atoms with Gasteiger partial charge in [0.15, 0.2) is 0 Å². The second kappa shape index (κ2) is 6.46. The average Bonchev–Trinajstić information content (AvgIpc) is 2.38. The van der Waals surface area contributed by atoms with E-state index in [1.807, 2.05) is 32.9 Å². The maximum Gasteiger partial charge on any atom is 0.243 e. The van der Waals surface area contributed by atoms with Crippen LogP contribution in [0, 0.1) is 26.7 Å². The van der Waals surface area contributed by atoms with Crippen molar-refractivity contribution < 1.29 is 8.42 Å². The van der Waals surface area contributed by atoms with Crippen molar-refractivity contribution in [1.29, 1.82) is 0 Å². The molecule has 1 fully saturated rings. The molecular formula is C16H26N2O2S. The highest BCUT2D eigenvalue weighted by Crippen LogP contribution is 2.26. The number of hydrogen-bond acceptors (Lipinski definition) is 3. The Morgan fingerprint density at radius 1 is 1.14 bits per heavy atom. The Labute approximate surface area is 128 Å². The number of sulfonamides is 1. The van der Waals surface area contributed by atoms with Crippen LogP contribution in [0.2, 0.25) is 0 Å². The van der Waals surface area contributed by atoms with E-state index in [2.05, 4.69) is 5.32 Å². The first kappa shape index (κ1) is 16.5. The topological polar surface area (TPSA) is 49.4 Å². The highest BCUT2D eigenvalue weighted by Gasteiger charge is 2.27. The number of benzene rings is 1. The minimum absolute atomic E-state index is 0.456. The molecule has 1 aliphatic heterocycles. The third-order valence-corrected chi connectivity index (χ3v) is 6.38. The molecule has 0 saturated carbocycles. The number of nitrogens with zero attached hydrogens (tertiary/aromatic N) is 1. The fourth-order valence-electron chi connectivity index (χ4n) is 3.26. The van der Waals surface area contributed by atoms with Gasteiger partial charge in [-0.1, -0.05) is 17.7 Å². The molecular weight excluding hydrogens is 284 g/mol. The molecule has 0 aromatic heterocycles. The van der Waals surface area contributed by atoms with Gasteiger partial charge in [-0.2, -0.15) is 0 Å². The van der Waals surface area contributed by atoms with Crippen LogP contribution in [0.1, 0.15) is 29.5 Å². The van der Waals surface area contributed by atoms with Crippen LogP contribution in [0.15, 0.2) is 17.0 Å². The Hall–Kier alpha value is -0.910. The zero-order valence-electron chi connectivity index (χ0n) is 13.4. The molecule has 5 heteroatoms. The van der Waals surface area contributed by atoms with Gasteiger partial charge in [-0.3, -0.25) is 0 Å². The van der Waals surface area contributed by atoms with Crippen LogP contribution in [-0.2, 0) is 10.0 Å². The second-order valence-corrected chi connectivity index (χ2v) is 8.19. The fraction of sp³-hybridized carbons (Fsp3) is 0.625. The van der Waals surface area contributed by atoms with E-state index in [1.54, 1.807) is 7.05 Å². The fourth-order valence-corrected chi connectivity index (χ4v) is 4.91. The molecule has 1 aromatic rings. The van der Waals surface area contributed by atoms with Gasteiger partial charge in [-0.25, -0.2) is 12.7 Å². The summed E-state index contributed by atoms with van der Waals surface area (Å²) in [6, 6.07) is 3.89. The van der Waals surface area contributed by atoms with E-state index in [1.165, 1.54) is 4.31 Å². The van der Waals surface area contributed by atoms with E-state index in [0.717, 1.165) is 42.6 Å². The van der Waals surface area contributed by atoms with Gasteiger partial charge in [-0.05, 0) is 63.7 Å². The van der Waals surface area contributed by atoms with Crippen molar-refractivity contribution in [1.82, 2.24) is 9.62 Å². The van der Waals surface area contributed by atoms with E-state index in [4.69, 9.17) is 0 Å². The highest BCUT2D eigenvalue weighted by molar-refractivity contribution is 7.89. The summed E-state index contributed by atoms with van der Waals surface area (Å²) in [4.78, 5) is 0.476. The minimum atomic E-state index is -3.40. The van der Waals surface area contributed by atoms with Crippen molar-refractivity contribution in [3.05, 3.63) is 28.8 Å². The van der Waals surface area contributed by atoms with Gasteiger partial charge in [0.05, 0.1) is 4.90 Å². The van der Waals surface area contributed by atoms with Crippen molar-refractivity contribution in [2.45, 2.75) is 38.5 Å². The summed E-state index contributed by atoms with van der Waals surface area (Å²) in [5, 5.41) is 3.31. The highest BCUT2D eigenvalue weighted by atomic mass is 32.2. The van der Waals surface area contributed by atoms with Crippen LogP contribution in [0.5, 0.6) is 0 Å². The molecule has 0 unspecified atom stereocenters. The molecule has 4 nitrogen and oxygen atoms in total. The van der Waals surface area contributed by atoms with Gasteiger partial charge in [0, 0.05) is 13.6 Å². The SMILES string of the molecule is Cc1cc(C)c(S(=O)(=O)N(C)CC2CCNCC2)c(C)c1. The largest absolute Gasteiger partial charge is 0.317 e. The Morgan fingerprint density at radius 3 is 2.19 bits per heavy atom. The van der Waals surface area contributed by atoms with Gasteiger partial charge < -0.3 is 5.32 Å². The van der Waals surface area contributed by atoms with E-state index in [0.29, 0.717) is 17.4 Å². The van der Waals surface area contributed by atoms with Crippen LogP contribution >= 0.6 is 0 Å². The van der Waals surface area contributed by atoms with Crippen LogP contribution in [0.3, 0.4) is 0 Å². The molecule has 0 bridgehead atoms. The standard InChI is InChI=1S/C16H26N2O2S/c1-12-9-13(2)16(14(3)10-12)21(19,20)18(4)11-15-5-7-17-8-6-15/h9-10,15,17H,5-8,11H2,1-4H3. The molecule has 0 atom stereocenters. The summed E-state index contributed by atoms with van der Waals surface area (Å²) in [5.41, 5.74) is 2.78. The molecule has 1 saturated heterocycles. The molecule has 0 aliphatic carbocycles. The first-order chi connectivity index (χ1) is 9.82. The number of rotatable bonds is 4. The van der Waals surface area contributed by atoms with E-state index in [9.17, 15) is 8.42 Å². The molecule has 0 amide bonds. The van der Waals surface area contributed by atoms with Crippen LogP contribution < -0.4 is 5.32 Å². The minimum Gasteiger partial charge on any atom is -0.317 e. The monoisotopic (exact) mass is 310 g/mol. The van der Waals surface area contributed by atoms with Crippen LogP contribution in [-0.4, -0.2) is 39.4 Å². The predicted octanol–water partition coefficient (Wildman–Crippen LogP) is 2.23. The summed E-state index contributed by atoms with van der Waals surface area (Å²) >= 11 is 0. The normalized spacial score (nSPS) is 17.4. The van der Waals surface area contributed by atoms with Crippen molar-refractivity contribution in [2.24, 2.45) is 5.92 Å². The van der Waals surface area contributed by atoms with Gasteiger partial charge in [-0.15, -0.1) is 0 Å². The van der Waals surface area contributed by atoms with Gasteiger partial charge in [0.25, 0.3) is 0 Å². The summed E-state index contributed by atoms with van der Waals surface area (Å²) in [6.45, 7) is 8.34. The summed E-state index contributed by atoms with van der Waals surface area (Å²) in [7, 11) is -1.70. The van der Waals surface area contributed by atoms with Crippen LogP contribution in [0.4, 0.5) is 0 Å². The molecule has 1 N–H and O–H groups in total. The van der Waals surface area contributed by atoms with Crippen LogP contribution in [0.25, 0.3) is 0 Å². The number of hydrogen-bond donors (Lipinski definition) is 1. The zero-order chi connectivity index (χ0) is 15.6. The van der Waals surface area contributed by atoms with Crippen molar-refractivity contribution in [2.75, 3.05) is 26.7 Å². The number of aryl methyl sites for hydroxylation is 3. The van der Waals surface area contributed by atoms with E-state index < -0.39 is 10.0 Å². The maximum atomic E-state index is 12.9. The van der Waals surface area contributed by atoms with Crippen molar-refractivity contribution in [3.8, 4) is 0 Å². The lowest BCUT2D eigenvalue weighted by Gasteiger charge is -2.28. The van der Waals surface area contributed by atoms with Crippen molar-refractivity contribution in [3.63, 3.8) is 0 Å². The Bertz CT molecular complexity index is 582. The average molecular weight is 310 g/mol. The lowest BCUT2D eigenvalue weighted by atomic mass is 9.98. The molecule has 1 aromatic carbocycles. The molecule has 0 spiro atoms. The molecule has 1 aliphatic rings. The smallest absolute Gasteiger partial charge is 0.243 e. The second-order valence-electron chi connectivity index (χ2n) is 6.21. The van der Waals surface area contributed by atoms with Gasteiger partial charge in [0.2, 0.25) is 10.0 Å². The Kier molecular flexibility index (Phi) is 5.07. The Balaban J connectivity index is 2.24. The molecule has 118 valence electrons. The van der Waals surface area contributed by atoms with Gasteiger partial charge >= 0.3 is 0 Å². The maximum absolute atomic E-state index is 12.9. The zero-order valence-corrected chi connectivity index (χ0v) is 14.3. The molecule has 0 radical (unpaired) electrons. The lowest BCUT2D eigenvalue weighted by Crippen LogP contribution is -2.37.